The minimum atomic E-state index is 0.658. The molecule has 0 spiro atoms. The molecular formula is C22H24ClN3O2. The van der Waals surface area contributed by atoms with Crippen LogP contribution in [-0.2, 0) is 12.8 Å². The van der Waals surface area contributed by atoms with Gasteiger partial charge >= 0.3 is 0 Å². The van der Waals surface area contributed by atoms with Gasteiger partial charge in [-0.15, -0.1) is 0 Å². The van der Waals surface area contributed by atoms with Gasteiger partial charge in [-0.2, -0.15) is 5.10 Å². The van der Waals surface area contributed by atoms with E-state index < -0.39 is 0 Å². The zero-order chi connectivity index (χ0) is 19.5. The van der Waals surface area contributed by atoms with Crippen LogP contribution in [-0.4, -0.2) is 30.5 Å². The lowest BCUT2D eigenvalue weighted by Gasteiger charge is -2.13. The van der Waals surface area contributed by atoms with E-state index in [2.05, 4.69) is 17.4 Å². The first kappa shape index (κ1) is 18.7. The van der Waals surface area contributed by atoms with E-state index in [0.29, 0.717) is 5.02 Å². The van der Waals surface area contributed by atoms with Gasteiger partial charge in [0.15, 0.2) is 0 Å². The lowest BCUT2D eigenvalue weighted by molar-refractivity contribution is 0.412. The monoisotopic (exact) mass is 397 g/mol. The van der Waals surface area contributed by atoms with Crippen molar-refractivity contribution in [3.8, 4) is 17.2 Å². The number of halogens is 1. The van der Waals surface area contributed by atoms with Crippen molar-refractivity contribution in [1.82, 2.24) is 9.78 Å². The number of rotatable bonds is 5. The third kappa shape index (κ3) is 3.67. The number of methoxy groups -OCH3 is 2. The predicted molar refractivity (Wildman–Crippen MR) is 112 cm³/mol. The molecule has 6 heteroatoms. The van der Waals surface area contributed by atoms with Crippen LogP contribution in [0.15, 0.2) is 42.5 Å². The topological polar surface area (TPSA) is 48.3 Å². The molecule has 1 aliphatic heterocycles. The van der Waals surface area contributed by atoms with Gasteiger partial charge in [0.2, 0.25) is 0 Å². The Labute approximate surface area is 170 Å². The second-order valence-electron chi connectivity index (χ2n) is 6.91. The Bertz CT molecular complexity index is 967. The van der Waals surface area contributed by atoms with Gasteiger partial charge in [0.1, 0.15) is 23.0 Å². The Morgan fingerprint density at radius 3 is 2.64 bits per heavy atom. The first-order valence-electron chi connectivity index (χ1n) is 9.51. The summed E-state index contributed by atoms with van der Waals surface area (Å²) < 4.78 is 12.8. The molecule has 1 N–H and O–H groups in total. The SMILES string of the molecule is COc1ccc(Cc2nn(-c3cc(Cl)ccc3OC)c3c2CCCCN3)cc1. The Morgan fingerprint density at radius 1 is 1.07 bits per heavy atom. The van der Waals surface area contributed by atoms with Crippen molar-refractivity contribution in [2.24, 2.45) is 0 Å². The molecule has 5 nitrogen and oxygen atoms in total. The lowest BCUT2D eigenvalue weighted by Crippen LogP contribution is -2.08. The van der Waals surface area contributed by atoms with Crippen LogP contribution in [0.3, 0.4) is 0 Å². The summed E-state index contributed by atoms with van der Waals surface area (Å²) in [4.78, 5) is 0. The van der Waals surface area contributed by atoms with Crippen molar-refractivity contribution < 1.29 is 9.47 Å². The molecule has 0 saturated heterocycles. The van der Waals surface area contributed by atoms with Gasteiger partial charge < -0.3 is 14.8 Å². The number of fused-ring (bicyclic) bond motifs is 1. The van der Waals surface area contributed by atoms with Gasteiger partial charge in [0.25, 0.3) is 0 Å². The molecule has 0 unspecified atom stereocenters. The van der Waals surface area contributed by atoms with Gasteiger partial charge in [-0.3, -0.25) is 0 Å². The van der Waals surface area contributed by atoms with Crippen molar-refractivity contribution in [2.75, 3.05) is 26.1 Å². The molecular weight excluding hydrogens is 374 g/mol. The van der Waals surface area contributed by atoms with Crippen molar-refractivity contribution >= 4 is 17.4 Å². The molecule has 1 aromatic heterocycles. The highest BCUT2D eigenvalue weighted by molar-refractivity contribution is 6.30. The molecule has 3 aromatic rings. The Kier molecular flexibility index (Phi) is 5.44. The van der Waals surface area contributed by atoms with Crippen molar-refractivity contribution in [3.05, 3.63) is 64.3 Å². The standard InChI is InChI=1S/C22H24ClN3O2/c1-27-17-9-6-15(7-10-17)13-19-18-5-3-4-12-24-22(18)26(25-19)20-14-16(23)8-11-21(20)28-2/h6-11,14,24H,3-5,12-13H2,1-2H3. The highest BCUT2D eigenvalue weighted by Gasteiger charge is 2.22. The summed E-state index contributed by atoms with van der Waals surface area (Å²) in [5, 5.41) is 9.20. The number of ether oxygens (including phenoxy) is 2. The number of aromatic nitrogens is 2. The molecule has 28 heavy (non-hydrogen) atoms. The summed E-state index contributed by atoms with van der Waals surface area (Å²) in [6.45, 7) is 0.934. The highest BCUT2D eigenvalue weighted by Crippen LogP contribution is 2.34. The van der Waals surface area contributed by atoms with Crippen LogP contribution in [0.4, 0.5) is 5.82 Å². The second-order valence-corrected chi connectivity index (χ2v) is 7.35. The predicted octanol–water partition coefficient (Wildman–Crippen LogP) is 4.88. The fraction of sp³-hybridized carbons (Fsp3) is 0.318. The zero-order valence-corrected chi connectivity index (χ0v) is 16.9. The van der Waals surface area contributed by atoms with E-state index in [4.69, 9.17) is 26.2 Å². The molecule has 0 atom stereocenters. The van der Waals surface area contributed by atoms with Crippen molar-refractivity contribution in [1.29, 1.82) is 0 Å². The van der Waals surface area contributed by atoms with Crippen LogP contribution in [0.25, 0.3) is 5.69 Å². The normalized spacial score (nSPS) is 13.4. The molecule has 0 radical (unpaired) electrons. The maximum absolute atomic E-state index is 6.28. The quantitative estimate of drug-likeness (QED) is 0.666. The van der Waals surface area contributed by atoms with Crippen LogP contribution >= 0.6 is 11.6 Å². The number of nitrogens with zero attached hydrogens (tertiary/aromatic N) is 2. The van der Waals surface area contributed by atoms with E-state index in [0.717, 1.165) is 60.9 Å². The van der Waals surface area contributed by atoms with E-state index in [1.54, 1.807) is 14.2 Å². The summed E-state index contributed by atoms with van der Waals surface area (Å²) in [5.74, 6) is 2.65. The summed E-state index contributed by atoms with van der Waals surface area (Å²) in [6, 6.07) is 13.8. The Hall–Kier alpha value is -2.66. The third-order valence-corrected chi connectivity index (χ3v) is 5.35. The molecule has 2 heterocycles. The summed E-state index contributed by atoms with van der Waals surface area (Å²) >= 11 is 6.28. The number of anilines is 1. The Balaban J connectivity index is 1.79. The minimum Gasteiger partial charge on any atom is -0.497 e. The molecule has 0 amide bonds. The summed E-state index contributed by atoms with van der Waals surface area (Å²) in [6.07, 6.45) is 4.07. The molecule has 0 saturated carbocycles. The highest BCUT2D eigenvalue weighted by atomic mass is 35.5. The first-order valence-corrected chi connectivity index (χ1v) is 9.89. The summed E-state index contributed by atoms with van der Waals surface area (Å²) in [7, 11) is 3.35. The fourth-order valence-electron chi connectivity index (χ4n) is 3.66. The second kappa shape index (κ2) is 8.15. The zero-order valence-electron chi connectivity index (χ0n) is 16.2. The molecule has 0 bridgehead atoms. The molecule has 0 aliphatic carbocycles. The van der Waals surface area contributed by atoms with Gasteiger partial charge in [0.05, 0.1) is 19.9 Å². The van der Waals surface area contributed by atoms with Gasteiger partial charge in [0, 0.05) is 23.6 Å². The number of hydrogen-bond donors (Lipinski definition) is 1. The van der Waals surface area contributed by atoms with Crippen LogP contribution in [0.1, 0.15) is 29.7 Å². The average molecular weight is 398 g/mol. The first-order chi connectivity index (χ1) is 13.7. The largest absolute Gasteiger partial charge is 0.497 e. The Morgan fingerprint density at radius 2 is 1.89 bits per heavy atom. The lowest BCUT2D eigenvalue weighted by atomic mass is 10.0. The number of nitrogens with one attached hydrogen (secondary N) is 1. The third-order valence-electron chi connectivity index (χ3n) is 5.11. The smallest absolute Gasteiger partial charge is 0.144 e. The van der Waals surface area contributed by atoms with Crippen molar-refractivity contribution in [2.45, 2.75) is 25.7 Å². The molecule has 146 valence electrons. The van der Waals surface area contributed by atoms with E-state index in [1.807, 2.05) is 35.0 Å². The van der Waals surface area contributed by atoms with E-state index >= 15 is 0 Å². The van der Waals surface area contributed by atoms with Crippen LogP contribution < -0.4 is 14.8 Å². The van der Waals surface area contributed by atoms with Crippen LogP contribution in [0.5, 0.6) is 11.5 Å². The summed E-state index contributed by atoms with van der Waals surface area (Å²) in [5.41, 5.74) is 4.41. The van der Waals surface area contributed by atoms with Crippen LogP contribution in [0, 0.1) is 0 Å². The van der Waals surface area contributed by atoms with Crippen molar-refractivity contribution in [3.63, 3.8) is 0 Å². The molecule has 0 fully saturated rings. The van der Waals surface area contributed by atoms with Gasteiger partial charge in [-0.05, 0) is 55.2 Å². The van der Waals surface area contributed by atoms with Crippen LogP contribution in [0.2, 0.25) is 5.02 Å². The number of benzene rings is 2. The van der Waals surface area contributed by atoms with E-state index in [9.17, 15) is 0 Å². The fourth-order valence-corrected chi connectivity index (χ4v) is 3.82. The van der Waals surface area contributed by atoms with Gasteiger partial charge in [-0.1, -0.05) is 23.7 Å². The molecule has 4 rings (SSSR count). The average Bonchev–Trinajstić information content (AvgIpc) is 2.89. The minimum absolute atomic E-state index is 0.658. The van der Waals surface area contributed by atoms with E-state index in [-0.39, 0.29) is 0 Å². The maximum atomic E-state index is 6.28. The molecule has 1 aliphatic rings. The maximum Gasteiger partial charge on any atom is 0.144 e. The number of hydrogen-bond acceptors (Lipinski definition) is 4. The van der Waals surface area contributed by atoms with E-state index in [1.165, 1.54) is 11.1 Å². The van der Waals surface area contributed by atoms with Gasteiger partial charge in [-0.25, -0.2) is 4.68 Å². The molecule has 2 aromatic carbocycles.